The van der Waals surface area contributed by atoms with Crippen LogP contribution in [-0.2, 0) is 0 Å². The van der Waals surface area contributed by atoms with Gasteiger partial charge in [-0.25, -0.2) is 8.78 Å². The SMILES string of the molecule is CCC1=CC(C)(F)CC=C1F. The molecular formula is C9H12F2. The molecular weight excluding hydrogens is 146 g/mol. The first-order valence-electron chi connectivity index (χ1n) is 3.82. The average molecular weight is 158 g/mol. The van der Waals surface area contributed by atoms with Gasteiger partial charge in [-0.2, -0.15) is 0 Å². The third-order valence-electron chi connectivity index (χ3n) is 1.84. The number of halogens is 2. The van der Waals surface area contributed by atoms with Gasteiger partial charge in [0.1, 0.15) is 11.5 Å². The van der Waals surface area contributed by atoms with Gasteiger partial charge in [0.25, 0.3) is 0 Å². The molecule has 0 amide bonds. The Kier molecular flexibility index (Phi) is 2.12. The summed E-state index contributed by atoms with van der Waals surface area (Å²) in [6, 6.07) is 0. The molecule has 0 aromatic heterocycles. The average Bonchev–Trinajstić information content (AvgIpc) is 1.94. The second-order valence-electron chi connectivity index (χ2n) is 3.06. The third kappa shape index (κ3) is 1.88. The van der Waals surface area contributed by atoms with Gasteiger partial charge in [-0.1, -0.05) is 6.92 Å². The molecule has 0 spiro atoms. The largest absolute Gasteiger partial charge is 0.239 e. The Morgan fingerprint density at radius 1 is 1.64 bits per heavy atom. The summed E-state index contributed by atoms with van der Waals surface area (Å²) in [6.07, 6.45) is 3.41. The normalized spacial score (nSPS) is 31.3. The first kappa shape index (κ1) is 8.44. The molecule has 2 heteroatoms. The van der Waals surface area contributed by atoms with Crippen LogP contribution >= 0.6 is 0 Å². The molecule has 0 N–H and O–H groups in total. The molecule has 1 unspecified atom stereocenters. The van der Waals surface area contributed by atoms with Crippen molar-refractivity contribution in [1.82, 2.24) is 0 Å². The molecule has 0 saturated heterocycles. The molecule has 0 aromatic rings. The predicted molar refractivity (Wildman–Crippen MR) is 41.7 cm³/mol. The number of alkyl halides is 1. The maximum Gasteiger partial charge on any atom is 0.130 e. The summed E-state index contributed by atoms with van der Waals surface area (Å²) in [5, 5.41) is 0. The van der Waals surface area contributed by atoms with E-state index >= 15 is 0 Å². The van der Waals surface area contributed by atoms with E-state index in [4.69, 9.17) is 0 Å². The third-order valence-corrected chi connectivity index (χ3v) is 1.84. The summed E-state index contributed by atoms with van der Waals surface area (Å²) in [5.74, 6) is -0.261. The molecule has 0 nitrogen and oxygen atoms in total. The second kappa shape index (κ2) is 2.76. The minimum Gasteiger partial charge on any atom is -0.239 e. The van der Waals surface area contributed by atoms with Crippen molar-refractivity contribution < 1.29 is 8.78 Å². The zero-order valence-corrected chi connectivity index (χ0v) is 6.82. The smallest absolute Gasteiger partial charge is 0.130 e. The second-order valence-corrected chi connectivity index (χ2v) is 3.06. The van der Waals surface area contributed by atoms with Crippen molar-refractivity contribution in [3.05, 3.63) is 23.6 Å². The van der Waals surface area contributed by atoms with Crippen LogP contribution in [-0.4, -0.2) is 5.67 Å². The van der Waals surface area contributed by atoms with Gasteiger partial charge in [0, 0.05) is 6.42 Å². The fourth-order valence-electron chi connectivity index (χ4n) is 1.18. The van der Waals surface area contributed by atoms with E-state index in [1.165, 1.54) is 19.1 Å². The highest BCUT2D eigenvalue weighted by Gasteiger charge is 2.24. The summed E-state index contributed by atoms with van der Waals surface area (Å²) >= 11 is 0. The lowest BCUT2D eigenvalue weighted by molar-refractivity contribution is 0.254. The van der Waals surface area contributed by atoms with Crippen LogP contribution in [0.3, 0.4) is 0 Å². The molecule has 0 bridgehead atoms. The Balaban J connectivity index is 2.87. The van der Waals surface area contributed by atoms with E-state index < -0.39 is 5.67 Å². The van der Waals surface area contributed by atoms with Crippen molar-refractivity contribution in [2.45, 2.75) is 32.4 Å². The van der Waals surface area contributed by atoms with Crippen LogP contribution in [0, 0.1) is 0 Å². The van der Waals surface area contributed by atoms with Gasteiger partial charge in [0.05, 0.1) is 0 Å². The van der Waals surface area contributed by atoms with Crippen LogP contribution in [0.25, 0.3) is 0 Å². The summed E-state index contributed by atoms with van der Waals surface area (Å²) in [7, 11) is 0. The van der Waals surface area contributed by atoms with E-state index in [-0.39, 0.29) is 12.2 Å². The van der Waals surface area contributed by atoms with Crippen molar-refractivity contribution in [2.24, 2.45) is 0 Å². The van der Waals surface area contributed by atoms with Crippen molar-refractivity contribution in [3.8, 4) is 0 Å². The highest BCUT2D eigenvalue weighted by atomic mass is 19.1. The molecule has 62 valence electrons. The highest BCUT2D eigenvalue weighted by molar-refractivity contribution is 5.32. The molecule has 0 radical (unpaired) electrons. The van der Waals surface area contributed by atoms with Gasteiger partial charge < -0.3 is 0 Å². The maximum absolute atomic E-state index is 13.2. The van der Waals surface area contributed by atoms with Gasteiger partial charge in [-0.15, -0.1) is 0 Å². The molecule has 1 aliphatic rings. The van der Waals surface area contributed by atoms with E-state index in [0.717, 1.165) is 0 Å². The van der Waals surface area contributed by atoms with E-state index in [1.807, 2.05) is 6.92 Å². The Labute approximate surface area is 65.6 Å². The van der Waals surface area contributed by atoms with Crippen LogP contribution in [0.15, 0.2) is 23.6 Å². The summed E-state index contributed by atoms with van der Waals surface area (Å²) in [4.78, 5) is 0. The first-order chi connectivity index (χ1) is 5.05. The van der Waals surface area contributed by atoms with Crippen molar-refractivity contribution in [3.63, 3.8) is 0 Å². The maximum atomic E-state index is 13.2. The molecule has 1 atom stereocenters. The van der Waals surface area contributed by atoms with E-state index in [2.05, 4.69) is 0 Å². The van der Waals surface area contributed by atoms with Crippen molar-refractivity contribution in [2.75, 3.05) is 0 Å². The molecule has 0 saturated carbocycles. The van der Waals surface area contributed by atoms with Crippen LogP contribution in [0.2, 0.25) is 0 Å². The topological polar surface area (TPSA) is 0 Å². The molecule has 1 rings (SSSR count). The Morgan fingerprint density at radius 3 is 2.73 bits per heavy atom. The molecule has 0 aromatic carbocycles. The summed E-state index contributed by atoms with van der Waals surface area (Å²) < 4.78 is 26.0. The Morgan fingerprint density at radius 2 is 2.27 bits per heavy atom. The van der Waals surface area contributed by atoms with Crippen LogP contribution in [0.5, 0.6) is 0 Å². The van der Waals surface area contributed by atoms with Gasteiger partial charge in [0.15, 0.2) is 0 Å². The molecule has 1 aliphatic carbocycles. The van der Waals surface area contributed by atoms with Crippen LogP contribution < -0.4 is 0 Å². The summed E-state index contributed by atoms with van der Waals surface area (Å²) in [5.41, 5.74) is -0.859. The number of allylic oxidation sites excluding steroid dienone is 4. The lowest BCUT2D eigenvalue weighted by Crippen LogP contribution is -2.17. The van der Waals surface area contributed by atoms with Crippen molar-refractivity contribution in [1.29, 1.82) is 0 Å². The zero-order chi connectivity index (χ0) is 8.48. The minimum atomic E-state index is -1.35. The van der Waals surface area contributed by atoms with Crippen LogP contribution in [0.4, 0.5) is 8.78 Å². The fraction of sp³-hybridized carbons (Fsp3) is 0.556. The number of rotatable bonds is 1. The lowest BCUT2D eigenvalue weighted by Gasteiger charge is -2.19. The number of hydrogen-bond donors (Lipinski definition) is 0. The standard InChI is InChI=1S/C9H12F2/c1-3-7-6-9(2,11)5-4-8(7)10/h4,6H,3,5H2,1-2H3. The lowest BCUT2D eigenvalue weighted by atomic mass is 9.93. The highest BCUT2D eigenvalue weighted by Crippen LogP contribution is 2.30. The summed E-state index contributed by atoms with van der Waals surface area (Å²) in [6.45, 7) is 3.28. The first-order valence-corrected chi connectivity index (χ1v) is 3.82. The molecule has 0 aliphatic heterocycles. The minimum absolute atomic E-state index is 0.155. The van der Waals surface area contributed by atoms with E-state index in [9.17, 15) is 8.78 Å². The van der Waals surface area contributed by atoms with Crippen molar-refractivity contribution >= 4 is 0 Å². The van der Waals surface area contributed by atoms with Gasteiger partial charge in [-0.05, 0) is 31.1 Å². The molecule has 0 heterocycles. The van der Waals surface area contributed by atoms with Crippen LogP contribution in [0.1, 0.15) is 26.7 Å². The molecule has 0 fully saturated rings. The number of hydrogen-bond acceptors (Lipinski definition) is 0. The van der Waals surface area contributed by atoms with Gasteiger partial charge >= 0.3 is 0 Å². The Bertz CT molecular complexity index is 212. The monoisotopic (exact) mass is 158 g/mol. The fourth-order valence-corrected chi connectivity index (χ4v) is 1.18. The quantitative estimate of drug-likeness (QED) is 0.549. The molecule has 11 heavy (non-hydrogen) atoms. The van der Waals surface area contributed by atoms with Gasteiger partial charge in [0.2, 0.25) is 0 Å². The van der Waals surface area contributed by atoms with Gasteiger partial charge in [-0.3, -0.25) is 0 Å². The van der Waals surface area contributed by atoms with E-state index in [1.54, 1.807) is 0 Å². The van der Waals surface area contributed by atoms with E-state index in [0.29, 0.717) is 12.0 Å². The zero-order valence-electron chi connectivity index (χ0n) is 6.82. The Hall–Kier alpha value is -0.660. The predicted octanol–water partition coefficient (Wildman–Crippen LogP) is 3.31.